The summed E-state index contributed by atoms with van der Waals surface area (Å²) < 4.78 is 7.53. The van der Waals surface area contributed by atoms with Crippen molar-refractivity contribution in [1.29, 1.82) is 0 Å². The average molecular weight is 296 g/mol. The Morgan fingerprint density at radius 1 is 1.09 bits per heavy atom. The van der Waals surface area contributed by atoms with Crippen LogP contribution in [0.3, 0.4) is 0 Å². The Balaban J connectivity index is 1.63. The van der Waals surface area contributed by atoms with Gasteiger partial charge >= 0.3 is 0 Å². The van der Waals surface area contributed by atoms with Crippen molar-refractivity contribution in [2.24, 2.45) is 0 Å². The third-order valence-electron chi connectivity index (χ3n) is 3.81. The Hall–Kier alpha value is -2.54. The second-order valence-corrected chi connectivity index (χ2v) is 5.47. The topological polar surface area (TPSA) is 68.4 Å². The largest absolute Gasteiger partial charge is 0.367 e. The molecule has 1 saturated heterocycles. The van der Waals surface area contributed by atoms with Crippen molar-refractivity contribution in [3.63, 3.8) is 0 Å². The molecule has 0 bridgehead atoms. The van der Waals surface area contributed by atoms with Gasteiger partial charge in [-0.05, 0) is 35.0 Å². The molecule has 2 aromatic heterocycles. The number of morpholine rings is 1. The summed E-state index contributed by atoms with van der Waals surface area (Å²) in [7, 11) is 0. The highest BCUT2D eigenvalue weighted by Crippen LogP contribution is 2.27. The monoisotopic (exact) mass is 296 g/mol. The van der Waals surface area contributed by atoms with Crippen LogP contribution < -0.4 is 4.90 Å². The highest BCUT2D eigenvalue weighted by atomic mass is 16.5. The van der Waals surface area contributed by atoms with Crippen LogP contribution in [0.15, 0.2) is 42.5 Å². The summed E-state index contributed by atoms with van der Waals surface area (Å²) in [5.74, 6) is 0.857. The first kappa shape index (κ1) is 13.1. The SMILES string of the molecule is CC1CN(c2ccc3nnnn3n2)CC(c2ccccc2)O1. The molecule has 1 fully saturated rings. The van der Waals surface area contributed by atoms with Crippen LogP contribution in [0.1, 0.15) is 18.6 Å². The van der Waals surface area contributed by atoms with E-state index in [-0.39, 0.29) is 12.2 Å². The number of fused-ring (bicyclic) bond motifs is 1. The molecule has 1 aromatic carbocycles. The molecule has 7 nitrogen and oxygen atoms in total. The van der Waals surface area contributed by atoms with E-state index >= 15 is 0 Å². The molecule has 7 heteroatoms. The zero-order chi connectivity index (χ0) is 14.9. The average Bonchev–Trinajstić information content (AvgIpc) is 3.02. The number of benzene rings is 1. The molecule has 3 heterocycles. The standard InChI is InChI=1S/C15H16N6O/c1-11-9-20(10-13(22-11)12-5-3-2-4-6-12)15-8-7-14-16-18-19-21(14)17-15/h2-8,11,13H,9-10H2,1H3. The minimum Gasteiger partial charge on any atom is -0.367 e. The van der Waals surface area contributed by atoms with Gasteiger partial charge in [0.15, 0.2) is 11.5 Å². The lowest BCUT2D eigenvalue weighted by atomic mass is 10.1. The molecule has 0 spiro atoms. The van der Waals surface area contributed by atoms with Gasteiger partial charge in [-0.15, -0.1) is 14.8 Å². The summed E-state index contributed by atoms with van der Waals surface area (Å²) in [4.78, 5) is 2.22. The molecule has 2 unspecified atom stereocenters. The van der Waals surface area contributed by atoms with Gasteiger partial charge < -0.3 is 9.64 Å². The fourth-order valence-corrected chi connectivity index (χ4v) is 2.80. The van der Waals surface area contributed by atoms with Crippen LogP contribution in [0, 0.1) is 0 Å². The maximum atomic E-state index is 6.08. The molecule has 0 amide bonds. The van der Waals surface area contributed by atoms with Crippen molar-refractivity contribution < 1.29 is 4.74 Å². The fraction of sp³-hybridized carbons (Fsp3) is 0.333. The third kappa shape index (κ3) is 2.39. The van der Waals surface area contributed by atoms with Crippen LogP contribution in [0.5, 0.6) is 0 Å². The lowest BCUT2D eigenvalue weighted by Gasteiger charge is -2.37. The predicted molar refractivity (Wildman–Crippen MR) is 80.5 cm³/mol. The van der Waals surface area contributed by atoms with Gasteiger partial charge in [0, 0.05) is 13.1 Å². The van der Waals surface area contributed by atoms with Gasteiger partial charge in [0.05, 0.1) is 6.10 Å². The van der Waals surface area contributed by atoms with Gasteiger partial charge in [0.1, 0.15) is 6.10 Å². The smallest absolute Gasteiger partial charge is 0.200 e. The molecule has 1 aliphatic rings. The lowest BCUT2D eigenvalue weighted by molar-refractivity contribution is -0.0176. The Labute approximate surface area is 127 Å². The van der Waals surface area contributed by atoms with E-state index in [4.69, 9.17) is 4.74 Å². The van der Waals surface area contributed by atoms with Crippen molar-refractivity contribution in [1.82, 2.24) is 25.3 Å². The van der Waals surface area contributed by atoms with Gasteiger partial charge in [-0.25, -0.2) is 0 Å². The molecule has 3 aromatic rings. The van der Waals surface area contributed by atoms with Gasteiger partial charge in [-0.3, -0.25) is 0 Å². The molecule has 112 valence electrons. The van der Waals surface area contributed by atoms with E-state index in [0.29, 0.717) is 5.65 Å². The molecule has 0 N–H and O–H groups in total. The fourth-order valence-electron chi connectivity index (χ4n) is 2.80. The van der Waals surface area contributed by atoms with E-state index in [1.807, 2.05) is 30.3 Å². The minimum atomic E-state index is 0.0383. The Kier molecular flexibility index (Phi) is 3.19. The van der Waals surface area contributed by atoms with E-state index < -0.39 is 0 Å². The zero-order valence-corrected chi connectivity index (χ0v) is 12.2. The molecular formula is C15H16N6O. The molecule has 4 rings (SSSR count). The predicted octanol–water partition coefficient (Wildman–Crippen LogP) is 1.49. The van der Waals surface area contributed by atoms with Crippen molar-refractivity contribution in [2.45, 2.75) is 19.1 Å². The molecule has 0 radical (unpaired) electrons. The van der Waals surface area contributed by atoms with Crippen LogP contribution in [-0.2, 0) is 4.74 Å². The first-order valence-electron chi connectivity index (χ1n) is 7.30. The molecule has 0 saturated carbocycles. The number of tetrazole rings is 1. The van der Waals surface area contributed by atoms with Crippen LogP contribution in [-0.4, -0.2) is 44.4 Å². The molecule has 1 aliphatic heterocycles. The van der Waals surface area contributed by atoms with Crippen LogP contribution in [0.25, 0.3) is 5.65 Å². The number of ether oxygens (including phenoxy) is 1. The number of nitrogens with zero attached hydrogens (tertiary/aromatic N) is 6. The normalized spacial score (nSPS) is 22.1. The van der Waals surface area contributed by atoms with Gasteiger partial charge in [0.25, 0.3) is 0 Å². The molecule has 2 atom stereocenters. The van der Waals surface area contributed by atoms with Gasteiger partial charge in [-0.2, -0.15) is 0 Å². The minimum absolute atomic E-state index is 0.0383. The number of aromatic nitrogens is 5. The second kappa shape index (κ2) is 5.34. The van der Waals surface area contributed by atoms with E-state index in [9.17, 15) is 0 Å². The van der Waals surface area contributed by atoms with E-state index in [2.05, 4.69) is 44.6 Å². The first-order chi connectivity index (χ1) is 10.8. The summed E-state index contributed by atoms with van der Waals surface area (Å²) in [6, 6.07) is 14.1. The Bertz CT molecular complexity index is 774. The summed E-state index contributed by atoms with van der Waals surface area (Å²) in [5, 5.41) is 15.8. The van der Waals surface area contributed by atoms with Gasteiger partial charge in [-0.1, -0.05) is 30.3 Å². The summed E-state index contributed by atoms with van der Waals surface area (Å²) in [5.41, 5.74) is 1.83. The van der Waals surface area contributed by atoms with Gasteiger partial charge in [0.2, 0.25) is 0 Å². The van der Waals surface area contributed by atoms with Crippen molar-refractivity contribution in [2.75, 3.05) is 18.0 Å². The third-order valence-corrected chi connectivity index (χ3v) is 3.81. The maximum absolute atomic E-state index is 6.08. The maximum Gasteiger partial charge on any atom is 0.200 e. The number of hydrogen-bond donors (Lipinski definition) is 0. The first-order valence-corrected chi connectivity index (χ1v) is 7.30. The zero-order valence-electron chi connectivity index (χ0n) is 12.2. The highest BCUT2D eigenvalue weighted by Gasteiger charge is 2.27. The molecule has 22 heavy (non-hydrogen) atoms. The summed E-state index contributed by atoms with van der Waals surface area (Å²) >= 11 is 0. The van der Waals surface area contributed by atoms with Crippen LogP contribution in [0.2, 0.25) is 0 Å². The Morgan fingerprint density at radius 3 is 2.82 bits per heavy atom. The van der Waals surface area contributed by atoms with Crippen LogP contribution >= 0.6 is 0 Å². The van der Waals surface area contributed by atoms with E-state index in [1.165, 1.54) is 10.2 Å². The lowest BCUT2D eigenvalue weighted by Crippen LogP contribution is -2.43. The molecular weight excluding hydrogens is 280 g/mol. The Morgan fingerprint density at radius 2 is 1.95 bits per heavy atom. The van der Waals surface area contributed by atoms with E-state index in [0.717, 1.165) is 18.9 Å². The number of anilines is 1. The van der Waals surface area contributed by atoms with Crippen molar-refractivity contribution in [3.8, 4) is 0 Å². The summed E-state index contributed by atoms with van der Waals surface area (Å²) in [6.45, 7) is 3.64. The number of hydrogen-bond acceptors (Lipinski definition) is 6. The second-order valence-electron chi connectivity index (χ2n) is 5.47. The number of rotatable bonds is 2. The highest BCUT2D eigenvalue weighted by molar-refractivity contribution is 5.45. The van der Waals surface area contributed by atoms with Crippen LogP contribution in [0.4, 0.5) is 5.82 Å². The van der Waals surface area contributed by atoms with E-state index in [1.54, 1.807) is 0 Å². The molecule has 0 aliphatic carbocycles. The summed E-state index contributed by atoms with van der Waals surface area (Å²) in [6.07, 6.45) is 0.168. The van der Waals surface area contributed by atoms with Crippen molar-refractivity contribution >= 4 is 11.5 Å². The quantitative estimate of drug-likeness (QED) is 0.713. The van der Waals surface area contributed by atoms with Crippen molar-refractivity contribution in [3.05, 3.63) is 48.0 Å².